The third-order valence-electron chi connectivity index (χ3n) is 3.62. The van der Waals surface area contributed by atoms with Gasteiger partial charge in [-0.25, -0.2) is 0 Å². The Hall–Kier alpha value is -1.60. The largest absolute Gasteiger partial charge is 0.493 e. The Morgan fingerprint density at radius 3 is 2.35 bits per heavy atom. The summed E-state index contributed by atoms with van der Waals surface area (Å²) in [6.45, 7) is 3.69. The topological polar surface area (TPSA) is 57.2 Å². The summed E-state index contributed by atoms with van der Waals surface area (Å²) in [7, 11) is 4.74. The number of nitrogens with zero attached hydrogens (tertiary/aromatic N) is 1. The van der Waals surface area contributed by atoms with Crippen LogP contribution in [0.3, 0.4) is 0 Å². The van der Waals surface area contributed by atoms with Gasteiger partial charge in [0.05, 0.1) is 33.7 Å². The van der Waals surface area contributed by atoms with Crippen LogP contribution in [0.25, 0.3) is 0 Å². The van der Waals surface area contributed by atoms with Gasteiger partial charge in [0.15, 0.2) is 11.5 Å². The SMILES string of the molecule is CCOCCN1C(=O)CSC1c1cc(OC)c(OC)c(OC)c1. The molecular weight excluding hydrogens is 318 g/mol. The number of benzene rings is 1. The molecule has 7 heteroatoms. The van der Waals surface area contributed by atoms with Gasteiger partial charge in [-0.2, -0.15) is 0 Å². The molecule has 1 heterocycles. The highest BCUT2D eigenvalue weighted by Gasteiger charge is 2.33. The molecule has 6 nitrogen and oxygen atoms in total. The van der Waals surface area contributed by atoms with Gasteiger partial charge in [-0.1, -0.05) is 0 Å². The van der Waals surface area contributed by atoms with Crippen molar-refractivity contribution in [2.75, 3.05) is 46.8 Å². The van der Waals surface area contributed by atoms with Gasteiger partial charge in [0, 0.05) is 13.2 Å². The number of rotatable bonds is 8. The molecule has 1 aromatic rings. The molecule has 1 aliphatic heterocycles. The van der Waals surface area contributed by atoms with Crippen LogP contribution < -0.4 is 14.2 Å². The van der Waals surface area contributed by atoms with E-state index in [0.29, 0.717) is 42.8 Å². The summed E-state index contributed by atoms with van der Waals surface area (Å²) in [5, 5.41) is -0.0725. The average Bonchev–Trinajstić information content (AvgIpc) is 2.94. The van der Waals surface area contributed by atoms with Gasteiger partial charge in [0.1, 0.15) is 5.37 Å². The van der Waals surface area contributed by atoms with Crippen molar-refractivity contribution < 1.29 is 23.7 Å². The molecule has 128 valence electrons. The predicted molar refractivity (Wildman–Crippen MR) is 89.5 cm³/mol. The molecule has 1 aliphatic rings. The van der Waals surface area contributed by atoms with Gasteiger partial charge in [-0.3, -0.25) is 4.79 Å². The maximum absolute atomic E-state index is 12.1. The van der Waals surface area contributed by atoms with Crippen LogP contribution >= 0.6 is 11.8 Å². The highest BCUT2D eigenvalue weighted by molar-refractivity contribution is 8.00. The summed E-state index contributed by atoms with van der Waals surface area (Å²) in [6, 6.07) is 3.79. The lowest BCUT2D eigenvalue weighted by molar-refractivity contribution is -0.128. The normalized spacial score (nSPS) is 17.5. The van der Waals surface area contributed by atoms with Crippen LogP contribution in [0.2, 0.25) is 0 Å². The van der Waals surface area contributed by atoms with E-state index in [-0.39, 0.29) is 11.3 Å². The van der Waals surface area contributed by atoms with Gasteiger partial charge >= 0.3 is 0 Å². The van der Waals surface area contributed by atoms with E-state index in [1.165, 1.54) is 0 Å². The number of ether oxygens (including phenoxy) is 4. The van der Waals surface area contributed by atoms with Gasteiger partial charge in [0.25, 0.3) is 0 Å². The quantitative estimate of drug-likeness (QED) is 0.677. The Bertz CT molecular complexity index is 526. The van der Waals surface area contributed by atoms with E-state index >= 15 is 0 Å². The molecule has 1 saturated heterocycles. The molecule has 1 atom stereocenters. The number of thioether (sulfide) groups is 1. The number of methoxy groups -OCH3 is 3. The molecule has 1 amide bonds. The van der Waals surface area contributed by atoms with Crippen LogP contribution in [0.4, 0.5) is 0 Å². The molecule has 0 aliphatic carbocycles. The first kappa shape index (κ1) is 17.7. The van der Waals surface area contributed by atoms with Crippen LogP contribution in [-0.4, -0.2) is 57.6 Å². The minimum absolute atomic E-state index is 0.0725. The zero-order valence-corrected chi connectivity index (χ0v) is 14.8. The molecular formula is C16H23NO5S. The van der Waals surface area contributed by atoms with E-state index in [9.17, 15) is 4.79 Å². The van der Waals surface area contributed by atoms with Crippen molar-refractivity contribution in [1.82, 2.24) is 4.90 Å². The van der Waals surface area contributed by atoms with Gasteiger partial charge in [-0.05, 0) is 24.6 Å². The lowest BCUT2D eigenvalue weighted by Gasteiger charge is -2.25. The molecule has 0 spiro atoms. The maximum atomic E-state index is 12.1. The van der Waals surface area contributed by atoms with Crippen molar-refractivity contribution in [2.45, 2.75) is 12.3 Å². The monoisotopic (exact) mass is 341 g/mol. The lowest BCUT2D eigenvalue weighted by atomic mass is 10.1. The number of hydrogen-bond donors (Lipinski definition) is 0. The number of carbonyl (C=O) groups excluding carboxylic acids is 1. The first-order valence-electron chi connectivity index (χ1n) is 7.45. The third-order valence-corrected chi connectivity index (χ3v) is 4.88. The summed E-state index contributed by atoms with van der Waals surface area (Å²) >= 11 is 1.59. The van der Waals surface area contributed by atoms with E-state index in [1.807, 2.05) is 24.0 Å². The van der Waals surface area contributed by atoms with Crippen LogP contribution in [0.15, 0.2) is 12.1 Å². The van der Waals surface area contributed by atoms with Gasteiger partial charge in [0.2, 0.25) is 11.7 Å². The fourth-order valence-electron chi connectivity index (χ4n) is 2.52. The predicted octanol–water partition coefficient (Wildman–Crippen LogP) is 2.32. The standard InChI is InChI=1S/C16H23NO5S/c1-5-22-7-6-17-14(18)10-23-16(17)11-8-12(19-2)15(21-4)13(9-11)20-3/h8-9,16H,5-7,10H2,1-4H3. The third kappa shape index (κ3) is 3.84. The first-order valence-corrected chi connectivity index (χ1v) is 8.49. The highest BCUT2D eigenvalue weighted by atomic mass is 32.2. The van der Waals surface area contributed by atoms with Crippen LogP contribution in [-0.2, 0) is 9.53 Å². The number of hydrogen-bond acceptors (Lipinski definition) is 6. The highest BCUT2D eigenvalue weighted by Crippen LogP contribution is 2.45. The fraction of sp³-hybridized carbons (Fsp3) is 0.562. The van der Waals surface area contributed by atoms with E-state index in [1.54, 1.807) is 33.1 Å². The van der Waals surface area contributed by atoms with Crippen molar-refractivity contribution in [3.63, 3.8) is 0 Å². The summed E-state index contributed by atoms with van der Waals surface area (Å²) in [6.07, 6.45) is 0. The molecule has 0 N–H and O–H groups in total. The molecule has 0 saturated carbocycles. The zero-order valence-electron chi connectivity index (χ0n) is 14.0. The fourth-order valence-corrected chi connectivity index (χ4v) is 3.72. The van der Waals surface area contributed by atoms with Crippen molar-refractivity contribution in [1.29, 1.82) is 0 Å². The van der Waals surface area contributed by atoms with E-state index in [0.717, 1.165) is 5.56 Å². The molecule has 1 unspecified atom stereocenters. The van der Waals surface area contributed by atoms with Crippen molar-refractivity contribution >= 4 is 17.7 Å². The van der Waals surface area contributed by atoms with E-state index in [4.69, 9.17) is 18.9 Å². The lowest BCUT2D eigenvalue weighted by Crippen LogP contribution is -2.31. The molecule has 0 bridgehead atoms. The van der Waals surface area contributed by atoms with E-state index < -0.39 is 0 Å². The molecule has 23 heavy (non-hydrogen) atoms. The Labute approximate surface area is 141 Å². The van der Waals surface area contributed by atoms with Crippen molar-refractivity contribution in [2.24, 2.45) is 0 Å². The van der Waals surface area contributed by atoms with Crippen LogP contribution in [0.5, 0.6) is 17.2 Å². The Balaban J connectivity index is 2.30. The second-order valence-electron chi connectivity index (χ2n) is 4.91. The minimum atomic E-state index is -0.0725. The first-order chi connectivity index (χ1) is 11.2. The Morgan fingerprint density at radius 2 is 1.83 bits per heavy atom. The van der Waals surface area contributed by atoms with Gasteiger partial charge in [-0.15, -0.1) is 11.8 Å². The van der Waals surface area contributed by atoms with Crippen LogP contribution in [0.1, 0.15) is 17.9 Å². The molecule has 1 fully saturated rings. The zero-order chi connectivity index (χ0) is 16.8. The Morgan fingerprint density at radius 1 is 1.17 bits per heavy atom. The summed E-state index contributed by atoms with van der Waals surface area (Å²) < 4.78 is 21.5. The molecule has 1 aromatic carbocycles. The summed E-state index contributed by atoms with van der Waals surface area (Å²) in [5.74, 6) is 2.31. The summed E-state index contributed by atoms with van der Waals surface area (Å²) in [5.41, 5.74) is 0.951. The molecule has 2 rings (SSSR count). The van der Waals surface area contributed by atoms with E-state index in [2.05, 4.69) is 0 Å². The second kappa shape index (κ2) is 8.31. The van der Waals surface area contributed by atoms with Crippen molar-refractivity contribution in [3.05, 3.63) is 17.7 Å². The van der Waals surface area contributed by atoms with Crippen LogP contribution in [0, 0.1) is 0 Å². The molecule has 0 radical (unpaired) electrons. The number of carbonyl (C=O) groups is 1. The van der Waals surface area contributed by atoms with Crippen molar-refractivity contribution in [3.8, 4) is 17.2 Å². The average molecular weight is 341 g/mol. The summed E-state index contributed by atoms with van der Waals surface area (Å²) in [4.78, 5) is 14.0. The smallest absolute Gasteiger partial charge is 0.233 e. The molecule has 0 aromatic heterocycles. The second-order valence-corrected chi connectivity index (χ2v) is 5.97. The number of amides is 1. The maximum Gasteiger partial charge on any atom is 0.233 e. The van der Waals surface area contributed by atoms with Gasteiger partial charge < -0.3 is 23.8 Å². The Kier molecular flexibility index (Phi) is 6.41. The minimum Gasteiger partial charge on any atom is -0.493 e.